The summed E-state index contributed by atoms with van der Waals surface area (Å²) in [5.74, 6) is 0. The Morgan fingerprint density at radius 3 is 2.36 bits per heavy atom. The van der Waals surface area contributed by atoms with Gasteiger partial charge in [-0.3, -0.25) is 0 Å². The average Bonchev–Trinajstić information content (AvgIpc) is 2.23. The molecule has 0 bridgehead atoms. The van der Waals surface area contributed by atoms with Crippen LogP contribution in [0.15, 0.2) is 42.5 Å². The second-order valence-electron chi connectivity index (χ2n) is 2.94. The molecule has 0 radical (unpaired) electrons. The van der Waals surface area contributed by atoms with E-state index in [2.05, 4.69) is 4.98 Å². The molecule has 0 fully saturated rings. The predicted molar refractivity (Wildman–Crippen MR) is 59.1 cm³/mol. The molecule has 14 heavy (non-hydrogen) atoms. The molecule has 0 aliphatic heterocycles. The first kappa shape index (κ1) is 9.03. The monoisotopic (exact) mass is 204 g/mol. The molecule has 1 aromatic heterocycles. The van der Waals surface area contributed by atoms with Crippen LogP contribution in [0.25, 0.3) is 11.3 Å². The Labute approximate surface area is 87.4 Å². The van der Waals surface area contributed by atoms with Crippen molar-refractivity contribution in [3.63, 3.8) is 0 Å². The minimum Gasteiger partial charge on any atom is -0.396 e. The van der Waals surface area contributed by atoms with Gasteiger partial charge in [0, 0.05) is 5.56 Å². The fraction of sp³-hybridized carbons (Fsp3) is 0. The zero-order valence-electron chi connectivity index (χ0n) is 7.44. The van der Waals surface area contributed by atoms with Crippen molar-refractivity contribution >= 4 is 17.3 Å². The van der Waals surface area contributed by atoms with Crippen LogP contribution in [0, 0.1) is 0 Å². The number of nitrogen functional groups attached to an aromatic ring is 1. The molecule has 2 nitrogen and oxygen atoms in total. The topological polar surface area (TPSA) is 38.9 Å². The molecule has 2 rings (SSSR count). The number of aromatic nitrogens is 1. The van der Waals surface area contributed by atoms with Crippen molar-refractivity contribution < 1.29 is 0 Å². The van der Waals surface area contributed by atoms with Crippen molar-refractivity contribution in [1.82, 2.24) is 4.98 Å². The number of halogens is 1. The molecule has 3 heteroatoms. The summed E-state index contributed by atoms with van der Waals surface area (Å²) in [7, 11) is 0. The number of hydrogen-bond acceptors (Lipinski definition) is 2. The van der Waals surface area contributed by atoms with Crippen molar-refractivity contribution in [2.24, 2.45) is 0 Å². The van der Waals surface area contributed by atoms with Gasteiger partial charge in [-0.25, -0.2) is 4.98 Å². The lowest BCUT2D eigenvalue weighted by Crippen LogP contribution is -1.90. The average molecular weight is 205 g/mol. The third-order valence-corrected chi connectivity index (χ3v) is 2.25. The molecule has 2 aromatic rings. The molecule has 2 N–H and O–H groups in total. The fourth-order valence-electron chi connectivity index (χ4n) is 1.21. The SMILES string of the molecule is Nc1ccc(-c2ccccc2)nc1Cl. The Kier molecular flexibility index (Phi) is 2.37. The van der Waals surface area contributed by atoms with E-state index in [1.807, 2.05) is 36.4 Å². The van der Waals surface area contributed by atoms with Gasteiger partial charge in [0.25, 0.3) is 0 Å². The third kappa shape index (κ3) is 1.70. The summed E-state index contributed by atoms with van der Waals surface area (Å²) >= 11 is 5.83. The van der Waals surface area contributed by atoms with E-state index >= 15 is 0 Å². The van der Waals surface area contributed by atoms with Crippen LogP contribution in [0.4, 0.5) is 5.69 Å². The van der Waals surface area contributed by atoms with Gasteiger partial charge < -0.3 is 5.73 Å². The second-order valence-corrected chi connectivity index (χ2v) is 3.30. The maximum absolute atomic E-state index is 5.83. The molecular formula is C11H9ClN2. The molecule has 0 amide bonds. The number of pyridine rings is 1. The van der Waals surface area contributed by atoms with Crippen LogP contribution in [-0.4, -0.2) is 4.98 Å². The lowest BCUT2D eigenvalue weighted by Gasteiger charge is -2.02. The molecule has 1 heterocycles. The highest BCUT2D eigenvalue weighted by atomic mass is 35.5. The van der Waals surface area contributed by atoms with Crippen molar-refractivity contribution in [3.8, 4) is 11.3 Å². The van der Waals surface area contributed by atoms with Gasteiger partial charge in [-0.2, -0.15) is 0 Å². The van der Waals surface area contributed by atoms with Crippen LogP contribution in [0.1, 0.15) is 0 Å². The maximum Gasteiger partial charge on any atom is 0.152 e. The van der Waals surface area contributed by atoms with Crippen LogP contribution >= 0.6 is 11.6 Å². The highest BCUT2D eigenvalue weighted by Crippen LogP contribution is 2.22. The lowest BCUT2D eigenvalue weighted by atomic mass is 10.1. The van der Waals surface area contributed by atoms with E-state index in [4.69, 9.17) is 17.3 Å². The van der Waals surface area contributed by atoms with Crippen LogP contribution in [0.5, 0.6) is 0 Å². The van der Waals surface area contributed by atoms with Crippen LogP contribution in [0.2, 0.25) is 5.15 Å². The second kappa shape index (κ2) is 3.68. The summed E-state index contributed by atoms with van der Waals surface area (Å²) in [6.45, 7) is 0. The number of benzene rings is 1. The van der Waals surface area contributed by atoms with Gasteiger partial charge in [0.2, 0.25) is 0 Å². The Hall–Kier alpha value is -1.54. The van der Waals surface area contributed by atoms with E-state index in [1.54, 1.807) is 6.07 Å². The van der Waals surface area contributed by atoms with Gasteiger partial charge in [-0.1, -0.05) is 41.9 Å². The van der Waals surface area contributed by atoms with E-state index in [9.17, 15) is 0 Å². The third-order valence-electron chi connectivity index (χ3n) is 1.95. The van der Waals surface area contributed by atoms with E-state index in [-0.39, 0.29) is 0 Å². The zero-order valence-corrected chi connectivity index (χ0v) is 8.20. The summed E-state index contributed by atoms with van der Waals surface area (Å²) in [4.78, 5) is 4.18. The summed E-state index contributed by atoms with van der Waals surface area (Å²) in [6.07, 6.45) is 0. The van der Waals surface area contributed by atoms with Crippen LogP contribution in [-0.2, 0) is 0 Å². The highest BCUT2D eigenvalue weighted by molar-refractivity contribution is 6.31. The van der Waals surface area contributed by atoms with Gasteiger partial charge >= 0.3 is 0 Å². The van der Waals surface area contributed by atoms with Gasteiger partial charge in [0.1, 0.15) is 0 Å². The summed E-state index contributed by atoms with van der Waals surface area (Å²) in [5.41, 5.74) is 7.95. The van der Waals surface area contributed by atoms with E-state index in [1.165, 1.54) is 0 Å². The van der Waals surface area contributed by atoms with Crippen molar-refractivity contribution in [1.29, 1.82) is 0 Å². The van der Waals surface area contributed by atoms with E-state index in [0.29, 0.717) is 10.8 Å². The standard InChI is InChI=1S/C11H9ClN2/c12-11-9(13)6-7-10(14-11)8-4-2-1-3-5-8/h1-7H,13H2. The Balaban J connectivity index is 2.48. The van der Waals surface area contributed by atoms with Crippen molar-refractivity contribution in [3.05, 3.63) is 47.6 Å². The smallest absolute Gasteiger partial charge is 0.152 e. The molecule has 0 aliphatic rings. The lowest BCUT2D eigenvalue weighted by molar-refractivity contribution is 1.33. The van der Waals surface area contributed by atoms with E-state index < -0.39 is 0 Å². The Bertz CT molecular complexity index is 440. The number of nitrogens with two attached hydrogens (primary N) is 1. The summed E-state index contributed by atoms with van der Waals surface area (Å²) in [6, 6.07) is 13.5. The molecule has 70 valence electrons. The quantitative estimate of drug-likeness (QED) is 0.726. The predicted octanol–water partition coefficient (Wildman–Crippen LogP) is 2.98. The molecule has 0 spiro atoms. The molecule has 1 aromatic carbocycles. The van der Waals surface area contributed by atoms with Gasteiger partial charge in [0.15, 0.2) is 5.15 Å². The van der Waals surface area contributed by atoms with E-state index in [0.717, 1.165) is 11.3 Å². The first-order valence-electron chi connectivity index (χ1n) is 4.25. The molecule has 0 aliphatic carbocycles. The number of hydrogen-bond donors (Lipinski definition) is 1. The summed E-state index contributed by atoms with van der Waals surface area (Å²) < 4.78 is 0. The molecular weight excluding hydrogens is 196 g/mol. The van der Waals surface area contributed by atoms with Gasteiger partial charge in [-0.05, 0) is 12.1 Å². The molecule has 0 unspecified atom stereocenters. The van der Waals surface area contributed by atoms with Gasteiger partial charge in [0.05, 0.1) is 11.4 Å². The maximum atomic E-state index is 5.83. The number of rotatable bonds is 1. The van der Waals surface area contributed by atoms with Gasteiger partial charge in [-0.15, -0.1) is 0 Å². The number of anilines is 1. The largest absolute Gasteiger partial charge is 0.396 e. The minimum atomic E-state index is 0.353. The fourth-order valence-corrected chi connectivity index (χ4v) is 1.37. The van der Waals surface area contributed by atoms with Crippen LogP contribution < -0.4 is 5.73 Å². The molecule has 0 saturated carbocycles. The Morgan fingerprint density at radius 1 is 1.00 bits per heavy atom. The zero-order chi connectivity index (χ0) is 9.97. The van der Waals surface area contributed by atoms with Crippen molar-refractivity contribution in [2.45, 2.75) is 0 Å². The first-order valence-corrected chi connectivity index (χ1v) is 4.62. The number of nitrogens with zero attached hydrogens (tertiary/aromatic N) is 1. The highest BCUT2D eigenvalue weighted by Gasteiger charge is 2.01. The Morgan fingerprint density at radius 2 is 1.71 bits per heavy atom. The molecule has 0 atom stereocenters. The van der Waals surface area contributed by atoms with Crippen LogP contribution in [0.3, 0.4) is 0 Å². The van der Waals surface area contributed by atoms with Crippen molar-refractivity contribution in [2.75, 3.05) is 5.73 Å². The molecule has 0 saturated heterocycles. The summed E-state index contributed by atoms with van der Waals surface area (Å²) in [5, 5.41) is 0.353. The minimum absolute atomic E-state index is 0.353. The normalized spacial score (nSPS) is 10.1. The first-order chi connectivity index (χ1) is 6.77.